The fraction of sp³-hybridized carbons (Fsp3) is 0.241. The molecule has 6 nitrogen and oxygen atoms in total. The summed E-state index contributed by atoms with van der Waals surface area (Å²) in [5.41, 5.74) is 2.84. The molecule has 0 spiro atoms. The van der Waals surface area contributed by atoms with Crippen LogP contribution in [0.2, 0.25) is 0 Å². The number of hydrogen-bond acceptors (Lipinski definition) is 5. The topological polar surface area (TPSA) is 59.1 Å². The molecule has 0 N–H and O–H groups in total. The highest BCUT2D eigenvalue weighted by Gasteiger charge is 2.59. The lowest BCUT2D eigenvalue weighted by atomic mass is 9.85. The predicted octanol–water partition coefficient (Wildman–Crippen LogP) is 5.15. The minimum atomic E-state index is -0.189. The molecule has 2 heterocycles. The lowest BCUT2D eigenvalue weighted by Crippen LogP contribution is -2.32. The number of carbonyl (C=O) groups excluding carboxylic acids is 2. The molecule has 1 saturated carbocycles. The molecule has 4 unspecified atom stereocenters. The number of benzene rings is 3. The van der Waals surface area contributed by atoms with Crippen LogP contribution in [0.3, 0.4) is 0 Å². The maximum atomic E-state index is 13.0. The molecule has 2 fully saturated rings. The molecule has 174 valence electrons. The van der Waals surface area contributed by atoms with Crippen molar-refractivity contribution in [3.05, 3.63) is 90.5 Å². The molecule has 35 heavy (non-hydrogen) atoms. The molecule has 4 aliphatic rings. The Balaban J connectivity index is 1.03. The fourth-order valence-corrected chi connectivity index (χ4v) is 6.02. The van der Waals surface area contributed by atoms with E-state index in [0.717, 1.165) is 24.4 Å². The number of para-hydroxylation sites is 1. The van der Waals surface area contributed by atoms with E-state index in [1.807, 2.05) is 42.5 Å². The number of nitrogens with zero attached hydrogens (tertiary/aromatic N) is 2. The number of anilines is 2. The minimum absolute atomic E-state index is 0.0644. The monoisotopic (exact) mass is 464 g/mol. The van der Waals surface area contributed by atoms with Crippen molar-refractivity contribution in [1.82, 2.24) is 0 Å². The first-order chi connectivity index (χ1) is 17.2. The van der Waals surface area contributed by atoms with E-state index in [9.17, 15) is 9.59 Å². The van der Waals surface area contributed by atoms with Crippen LogP contribution in [0, 0.1) is 23.7 Å². The average Bonchev–Trinajstić information content (AvgIpc) is 3.58. The van der Waals surface area contributed by atoms with E-state index in [2.05, 4.69) is 23.1 Å². The number of allylic oxidation sites excluding steroid dienone is 2. The standard InChI is InChI=1S/C29H24N2O4/c32-28-26-18-5-6-19(15-18)27(26)29(33)31(28)22-9-13-24(14-10-22)35-23-11-7-21(8-12-23)30-16-20-3-1-2-4-25(20)34-17-30/h1-14,18-19,26-27H,15-17H2. The molecule has 6 heteroatoms. The van der Waals surface area contributed by atoms with Crippen molar-refractivity contribution in [3.8, 4) is 17.2 Å². The zero-order valence-electron chi connectivity index (χ0n) is 19.0. The fourth-order valence-electron chi connectivity index (χ4n) is 6.02. The van der Waals surface area contributed by atoms with Crippen LogP contribution in [0.5, 0.6) is 17.2 Å². The smallest absolute Gasteiger partial charge is 0.238 e. The molecule has 3 aromatic carbocycles. The van der Waals surface area contributed by atoms with Crippen LogP contribution in [0.4, 0.5) is 11.4 Å². The van der Waals surface area contributed by atoms with Gasteiger partial charge in [0.05, 0.1) is 17.5 Å². The van der Waals surface area contributed by atoms with Crippen molar-refractivity contribution in [3.63, 3.8) is 0 Å². The number of rotatable bonds is 4. The maximum absolute atomic E-state index is 13.0. The molecule has 2 aliphatic carbocycles. The molecule has 2 bridgehead atoms. The van der Waals surface area contributed by atoms with E-state index in [-0.39, 0.29) is 35.5 Å². The highest BCUT2D eigenvalue weighted by atomic mass is 16.5. The summed E-state index contributed by atoms with van der Waals surface area (Å²) in [5, 5.41) is 0. The zero-order valence-corrected chi connectivity index (χ0v) is 19.0. The second-order valence-corrected chi connectivity index (χ2v) is 9.68. The number of ether oxygens (including phenoxy) is 2. The van der Waals surface area contributed by atoms with E-state index >= 15 is 0 Å². The van der Waals surface area contributed by atoms with Crippen molar-refractivity contribution >= 4 is 23.2 Å². The Hall–Kier alpha value is -4.06. The number of fused-ring (bicyclic) bond motifs is 6. The third-order valence-corrected chi connectivity index (χ3v) is 7.71. The molecular weight excluding hydrogens is 440 g/mol. The van der Waals surface area contributed by atoms with E-state index in [1.54, 1.807) is 24.3 Å². The molecule has 3 aromatic rings. The van der Waals surface area contributed by atoms with Crippen LogP contribution in [-0.2, 0) is 16.1 Å². The van der Waals surface area contributed by atoms with Gasteiger partial charge < -0.3 is 14.4 Å². The van der Waals surface area contributed by atoms with Crippen molar-refractivity contribution in [1.29, 1.82) is 0 Å². The van der Waals surface area contributed by atoms with Gasteiger partial charge in [-0.15, -0.1) is 0 Å². The first kappa shape index (κ1) is 20.3. The quantitative estimate of drug-likeness (QED) is 0.395. The molecule has 1 saturated heterocycles. The molecular formula is C29H24N2O4. The molecule has 0 aromatic heterocycles. The van der Waals surface area contributed by atoms with Gasteiger partial charge in [-0.1, -0.05) is 30.4 Å². The highest BCUT2D eigenvalue weighted by Crippen LogP contribution is 2.53. The summed E-state index contributed by atoms with van der Waals surface area (Å²) in [6.45, 7) is 1.30. The minimum Gasteiger partial charge on any atom is -0.473 e. The van der Waals surface area contributed by atoms with Crippen molar-refractivity contribution in [2.24, 2.45) is 23.7 Å². The van der Waals surface area contributed by atoms with Gasteiger partial charge in [0.15, 0.2) is 6.73 Å². The lowest BCUT2D eigenvalue weighted by molar-refractivity contribution is -0.123. The van der Waals surface area contributed by atoms with E-state index in [4.69, 9.17) is 9.47 Å². The Morgan fingerprint density at radius 3 is 2.00 bits per heavy atom. The Morgan fingerprint density at radius 1 is 0.743 bits per heavy atom. The van der Waals surface area contributed by atoms with Crippen molar-refractivity contribution in [2.45, 2.75) is 13.0 Å². The summed E-state index contributed by atoms with van der Waals surface area (Å²) >= 11 is 0. The van der Waals surface area contributed by atoms with Gasteiger partial charge in [0, 0.05) is 17.8 Å². The highest BCUT2D eigenvalue weighted by molar-refractivity contribution is 6.22. The van der Waals surface area contributed by atoms with Gasteiger partial charge in [0.1, 0.15) is 17.2 Å². The molecule has 4 atom stereocenters. The zero-order chi connectivity index (χ0) is 23.5. The van der Waals surface area contributed by atoms with Crippen LogP contribution in [-0.4, -0.2) is 18.5 Å². The Morgan fingerprint density at radius 2 is 1.34 bits per heavy atom. The Bertz CT molecular complexity index is 1320. The first-order valence-corrected chi connectivity index (χ1v) is 12.1. The maximum Gasteiger partial charge on any atom is 0.238 e. The molecule has 2 amide bonds. The van der Waals surface area contributed by atoms with Crippen molar-refractivity contribution in [2.75, 3.05) is 16.5 Å². The normalized spacial score (nSPS) is 26.1. The van der Waals surface area contributed by atoms with Gasteiger partial charge in [-0.05, 0) is 72.9 Å². The van der Waals surface area contributed by atoms with Gasteiger partial charge in [-0.25, -0.2) is 0 Å². The van der Waals surface area contributed by atoms with Gasteiger partial charge in [0.25, 0.3) is 0 Å². The van der Waals surface area contributed by atoms with Crippen LogP contribution >= 0.6 is 0 Å². The summed E-state index contributed by atoms with van der Waals surface area (Å²) in [6, 6.07) is 23.2. The van der Waals surface area contributed by atoms with Crippen molar-refractivity contribution < 1.29 is 19.1 Å². The van der Waals surface area contributed by atoms with Crippen LogP contribution < -0.4 is 19.3 Å². The second-order valence-electron chi connectivity index (χ2n) is 9.68. The van der Waals surface area contributed by atoms with Gasteiger partial charge >= 0.3 is 0 Å². The summed E-state index contributed by atoms with van der Waals surface area (Å²) in [5.74, 6) is 2.22. The van der Waals surface area contributed by atoms with Crippen LogP contribution in [0.15, 0.2) is 84.9 Å². The number of hydrogen-bond donors (Lipinski definition) is 0. The lowest BCUT2D eigenvalue weighted by Gasteiger charge is -2.30. The predicted molar refractivity (Wildman–Crippen MR) is 131 cm³/mol. The summed E-state index contributed by atoms with van der Waals surface area (Å²) < 4.78 is 11.9. The van der Waals surface area contributed by atoms with E-state index in [0.29, 0.717) is 23.9 Å². The molecule has 0 radical (unpaired) electrons. The number of amides is 2. The van der Waals surface area contributed by atoms with Crippen LogP contribution in [0.1, 0.15) is 12.0 Å². The summed E-state index contributed by atoms with van der Waals surface area (Å²) in [4.78, 5) is 29.6. The first-order valence-electron chi connectivity index (χ1n) is 12.1. The molecule has 2 aliphatic heterocycles. The van der Waals surface area contributed by atoms with Gasteiger partial charge in [-0.3, -0.25) is 14.5 Å². The van der Waals surface area contributed by atoms with Gasteiger partial charge in [0.2, 0.25) is 11.8 Å². The third kappa shape index (κ3) is 3.24. The third-order valence-electron chi connectivity index (χ3n) is 7.71. The van der Waals surface area contributed by atoms with Gasteiger partial charge in [-0.2, -0.15) is 0 Å². The largest absolute Gasteiger partial charge is 0.473 e. The summed E-state index contributed by atoms with van der Waals surface area (Å²) in [6.07, 6.45) is 5.16. The number of carbonyl (C=O) groups is 2. The number of imide groups is 1. The van der Waals surface area contributed by atoms with E-state index in [1.165, 1.54) is 10.5 Å². The van der Waals surface area contributed by atoms with Crippen LogP contribution in [0.25, 0.3) is 0 Å². The SMILES string of the molecule is O=C1C2C3C=CC(C3)C2C(=O)N1c1ccc(Oc2ccc(N3COc4ccccc4C3)cc2)cc1. The summed E-state index contributed by atoms with van der Waals surface area (Å²) in [7, 11) is 0. The Kier molecular flexibility index (Phi) is 4.49. The molecule has 7 rings (SSSR count). The Labute approximate surface area is 203 Å². The van der Waals surface area contributed by atoms with E-state index < -0.39 is 0 Å². The second kappa shape index (κ2) is 7.73. The average molecular weight is 465 g/mol.